The molecule has 2 heterocycles. The minimum Gasteiger partial charge on any atom is -0.219 e. The fourth-order valence-corrected chi connectivity index (χ4v) is 3.50. The van der Waals surface area contributed by atoms with Gasteiger partial charge in [0.25, 0.3) is 0 Å². The van der Waals surface area contributed by atoms with Crippen molar-refractivity contribution in [1.29, 1.82) is 0 Å². The Morgan fingerprint density at radius 2 is 2.35 bits per heavy atom. The molecule has 2 aliphatic carbocycles. The smallest absolute Gasteiger partial charge is 0.0941 e. The molecule has 0 radical (unpaired) electrons. The number of rotatable bonds is 3. The molecule has 0 aromatic carbocycles. The van der Waals surface area contributed by atoms with Gasteiger partial charge in [-0.25, -0.2) is 4.52 Å². The van der Waals surface area contributed by atoms with Crippen molar-refractivity contribution in [2.45, 2.75) is 39.0 Å². The van der Waals surface area contributed by atoms with Crippen molar-refractivity contribution in [1.82, 2.24) is 14.8 Å². The fourth-order valence-electron chi connectivity index (χ4n) is 3.50. The molecule has 0 spiro atoms. The zero-order valence-electron chi connectivity index (χ0n) is 11.8. The highest BCUT2D eigenvalue weighted by atomic mass is 15.4. The van der Waals surface area contributed by atoms with E-state index in [1.54, 1.807) is 5.57 Å². The molecule has 102 valence electrons. The predicted molar refractivity (Wildman–Crippen MR) is 81.0 cm³/mol. The van der Waals surface area contributed by atoms with E-state index >= 15 is 0 Å². The lowest BCUT2D eigenvalue weighted by Gasteiger charge is -2.23. The largest absolute Gasteiger partial charge is 0.219 e. The molecule has 1 unspecified atom stereocenters. The molecule has 0 fully saturated rings. The monoisotopic (exact) mass is 265 g/mol. The van der Waals surface area contributed by atoms with Gasteiger partial charge >= 0.3 is 0 Å². The molecule has 2 aromatic rings. The van der Waals surface area contributed by atoms with Crippen LogP contribution in [0.4, 0.5) is 0 Å². The lowest BCUT2D eigenvalue weighted by molar-refractivity contribution is 0.544. The summed E-state index contributed by atoms with van der Waals surface area (Å²) in [6, 6.07) is 0. The van der Waals surface area contributed by atoms with E-state index in [0.29, 0.717) is 0 Å². The van der Waals surface area contributed by atoms with Crippen LogP contribution in [0.5, 0.6) is 0 Å². The predicted octanol–water partition coefficient (Wildman–Crippen LogP) is 3.15. The Bertz CT molecular complexity index is 764. The summed E-state index contributed by atoms with van der Waals surface area (Å²) in [5.41, 5.74) is 5.50. The van der Waals surface area contributed by atoms with Gasteiger partial charge in [-0.15, -0.1) is 5.10 Å². The quantitative estimate of drug-likeness (QED) is 0.853. The topological polar surface area (TPSA) is 30.2 Å². The van der Waals surface area contributed by atoms with Gasteiger partial charge in [0.05, 0.1) is 11.7 Å². The number of nitrogens with zero attached hydrogens (tertiary/aromatic N) is 3. The highest BCUT2D eigenvalue weighted by molar-refractivity contribution is 5.84. The van der Waals surface area contributed by atoms with Gasteiger partial charge in [-0.3, -0.25) is 0 Å². The summed E-state index contributed by atoms with van der Waals surface area (Å²) in [4.78, 5) is 0. The zero-order valence-corrected chi connectivity index (χ0v) is 11.8. The number of unbranched alkanes of at least 4 members (excludes halogenated alkanes) is 1. The number of aromatic nitrogens is 3. The van der Waals surface area contributed by atoms with E-state index in [1.807, 2.05) is 10.7 Å². The van der Waals surface area contributed by atoms with Crippen LogP contribution < -0.4 is 5.22 Å². The lowest BCUT2D eigenvalue weighted by Crippen LogP contribution is -2.14. The molecule has 20 heavy (non-hydrogen) atoms. The Labute approximate surface area is 118 Å². The first-order valence-corrected chi connectivity index (χ1v) is 7.60. The molecule has 3 heteroatoms. The molecule has 1 atom stereocenters. The third-order valence-corrected chi connectivity index (χ3v) is 4.59. The third kappa shape index (κ3) is 1.73. The van der Waals surface area contributed by atoms with Crippen LogP contribution in [0.3, 0.4) is 0 Å². The Morgan fingerprint density at radius 1 is 1.40 bits per heavy atom. The van der Waals surface area contributed by atoms with Crippen molar-refractivity contribution in [2.75, 3.05) is 0 Å². The van der Waals surface area contributed by atoms with Gasteiger partial charge in [0.1, 0.15) is 0 Å². The second-order valence-corrected chi connectivity index (χ2v) is 5.91. The van der Waals surface area contributed by atoms with Gasteiger partial charge in [0.2, 0.25) is 0 Å². The SMILES string of the molecule is CCCCC1C=CC2=C(CC=c3c2cn2nncc32)C1. The van der Waals surface area contributed by atoms with Crippen LogP contribution in [0, 0.1) is 5.92 Å². The van der Waals surface area contributed by atoms with E-state index in [0.717, 1.165) is 17.9 Å². The fraction of sp³-hybridized carbons (Fsp3) is 0.412. The Balaban J connectivity index is 1.71. The van der Waals surface area contributed by atoms with Gasteiger partial charge < -0.3 is 0 Å². The molecule has 0 amide bonds. The van der Waals surface area contributed by atoms with Crippen molar-refractivity contribution in [3.63, 3.8) is 0 Å². The molecule has 0 N–H and O–H groups in total. The highest BCUT2D eigenvalue weighted by Gasteiger charge is 2.21. The van der Waals surface area contributed by atoms with Gasteiger partial charge in [0, 0.05) is 17.0 Å². The molecule has 3 nitrogen and oxygen atoms in total. The summed E-state index contributed by atoms with van der Waals surface area (Å²) in [5.74, 6) is 0.740. The molecule has 2 aromatic heterocycles. The van der Waals surface area contributed by atoms with Crippen LogP contribution in [0.1, 0.15) is 44.6 Å². The molecule has 0 saturated heterocycles. The first kappa shape index (κ1) is 11.9. The number of allylic oxidation sites excluding steroid dienone is 4. The average molecular weight is 265 g/mol. The van der Waals surface area contributed by atoms with Crippen LogP contribution in [-0.4, -0.2) is 14.8 Å². The zero-order chi connectivity index (χ0) is 13.5. The maximum atomic E-state index is 4.12. The van der Waals surface area contributed by atoms with Crippen LogP contribution in [0.15, 0.2) is 30.1 Å². The van der Waals surface area contributed by atoms with E-state index in [9.17, 15) is 0 Å². The summed E-state index contributed by atoms with van der Waals surface area (Å²) in [7, 11) is 0. The van der Waals surface area contributed by atoms with E-state index in [4.69, 9.17) is 0 Å². The van der Waals surface area contributed by atoms with E-state index < -0.39 is 0 Å². The minimum atomic E-state index is 0.740. The van der Waals surface area contributed by atoms with Gasteiger partial charge in [0.15, 0.2) is 0 Å². The standard InChI is InChI=1S/C17H19N3/c1-2-3-4-12-5-7-14-13(9-12)6-8-15-16(14)11-20-17(15)10-18-19-20/h5,7-8,10-12H,2-4,6,9H2,1H3. The van der Waals surface area contributed by atoms with E-state index in [1.165, 1.54) is 42.0 Å². The third-order valence-electron chi connectivity index (χ3n) is 4.59. The van der Waals surface area contributed by atoms with E-state index in [2.05, 4.69) is 41.7 Å². The molecule has 2 aliphatic rings. The van der Waals surface area contributed by atoms with Crippen molar-refractivity contribution in [3.8, 4) is 0 Å². The molecule has 0 saturated carbocycles. The molecule has 4 rings (SSSR count). The van der Waals surface area contributed by atoms with Crippen molar-refractivity contribution >= 4 is 17.2 Å². The maximum absolute atomic E-state index is 4.12. The van der Waals surface area contributed by atoms with Crippen LogP contribution in [-0.2, 0) is 0 Å². The summed E-state index contributed by atoms with van der Waals surface area (Å²) < 4.78 is 1.90. The molecular formula is C17H19N3. The first-order chi connectivity index (χ1) is 9.86. The number of hydrogen-bond acceptors (Lipinski definition) is 2. The van der Waals surface area contributed by atoms with Crippen LogP contribution in [0.2, 0.25) is 0 Å². The molecule has 0 aliphatic heterocycles. The Kier molecular flexibility index (Phi) is 2.72. The van der Waals surface area contributed by atoms with E-state index in [-0.39, 0.29) is 0 Å². The second kappa shape index (κ2) is 4.58. The van der Waals surface area contributed by atoms with Crippen molar-refractivity contribution in [2.24, 2.45) is 5.92 Å². The number of fused-ring (bicyclic) bond motifs is 4. The van der Waals surface area contributed by atoms with Gasteiger partial charge in [-0.2, -0.15) is 0 Å². The van der Waals surface area contributed by atoms with Gasteiger partial charge in [-0.1, -0.05) is 48.8 Å². The van der Waals surface area contributed by atoms with Crippen LogP contribution >= 0.6 is 0 Å². The Hall–Kier alpha value is -1.90. The summed E-state index contributed by atoms with van der Waals surface area (Å²) in [6.07, 6.45) is 17.4. The van der Waals surface area contributed by atoms with Crippen molar-refractivity contribution < 1.29 is 0 Å². The maximum Gasteiger partial charge on any atom is 0.0941 e. The minimum absolute atomic E-state index is 0.740. The first-order valence-electron chi connectivity index (χ1n) is 7.60. The lowest BCUT2D eigenvalue weighted by atomic mass is 9.81. The summed E-state index contributed by atoms with van der Waals surface area (Å²) >= 11 is 0. The van der Waals surface area contributed by atoms with Crippen molar-refractivity contribution in [3.05, 3.63) is 40.9 Å². The second-order valence-electron chi connectivity index (χ2n) is 5.91. The Morgan fingerprint density at radius 3 is 3.25 bits per heavy atom. The summed E-state index contributed by atoms with van der Waals surface area (Å²) in [6.45, 7) is 2.27. The van der Waals surface area contributed by atoms with Gasteiger partial charge in [-0.05, 0) is 30.8 Å². The molecular weight excluding hydrogens is 246 g/mol. The number of hydrogen-bond donors (Lipinski definition) is 0. The van der Waals surface area contributed by atoms with Crippen LogP contribution in [0.25, 0.3) is 17.2 Å². The summed E-state index contributed by atoms with van der Waals surface area (Å²) in [5, 5.41) is 9.41. The average Bonchev–Trinajstić information content (AvgIpc) is 3.05. The normalized spacial score (nSPS) is 20.9. The highest BCUT2D eigenvalue weighted by Crippen LogP contribution is 2.35. The molecule has 0 bridgehead atoms.